The van der Waals surface area contributed by atoms with Gasteiger partial charge >= 0.3 is 5.97 Å². The molecule has 1 N–H and O–H groups in total. The van der Waals surface area contributed by atoms with Crippen LogP contribution in [0.25, 0.3) is 0 Å². The molecule has 0 saturated carbocycles. The van der Waals surface area contributed by atoms with Crippen molar-refractivity contribution in [1.82, 2.24) is 9.29 Å². The molecule has 0 spiro atoms. The molecule has 1 aliphatic heterocycles. The Morgan fingerprint density at radius 3 is 2.88 bits per heavy atom. The average molecular weight is 380 g/mol. The Morgan fingerprint density at radius 2 is 2.19 bits per heavy atom. The van der Waals surface area contributed by atoms with E-state index >= 15 is 0 Å². The SMILES string of the molecule is COC(=O)[C@@H]1CCCN1S(=O)(=O)c1ccc(C)nc1C#CCCCCO. The van der Waals surface area contributed by atoms with Crippen molar-refractivity contribution in [2.75, 3.05) is 20.3 Å². The summed E-state index contributed by atoms with van der Waals surface area (Å²) in [6.45, 7) is 2.13. The van der Waals surface area contributed by atoms with Crippen LogP contribution in [0.2, 0.25) is 0 Å². The Hall–Kier alpha value is -1.95. The van der Waals surface area contributed by atoms with Crippen LogP contribution in [-0.4, -0.2) is 55.1 Å². The third-order valence-corrected chi connectivity index (χ3v) is 6.12. The van der Waals surface area contributed by atoms with Gasteiger partial charge < -0.3 is 9.84 Å². The molecule has 0 amide bonds. The molecule has 1 atom stereocenters. The molecule has 142 valence electrons. The van der Waals surface area contributed by atoms with Crippen LogP contribution >= 0.6 is 0 Å². The molecule has 0 radical (unpaired) electrons. The van der Waals surface area contributed by atoms with E-state index in [1.165, 1.54) is 17.5 Å². The Labute approximate surface area is 154 Å². The standard InChI is InChI=1S/C18H24N2O5S/c1-14-10-11-17(15(19-14)8-5-3-4-6-13-21)26(23,24)20-12-7-9-16(20)18(22)25-2/h10-11,16,21H,3-4,6-7,9,12-13H2,1-2H3/t16-/m0/s1. The van der Waals surface area contributed by atoms with Gasteiger partial charge in [0.15, 0.2) is 0 Å². The summed E-state index contributed by atoms with van der Waals surface area (Å²) in [5.74, 6) is 5.20. The van der Waals surface area contributed by atoms with E-state index in [2.05, 4.69) is 16.8 Å². The maximum atomic E-state index is 13.1. The number of nitrogens with zero attached hydrogens (tertiary/aromatic N) is 2. The van der Waals surface area contributed by atoms with Gasteiger partial charge in [0, 0.05) is 25.3 Å². The third-order valence-electron chi connectivity index (χ3n) is 4.18. The van der Waals surface area contributed by atoms with Crippen molar-refractivity contribution in [3.8, 4) is 11.8 Å². The smallest absolute Gasteiger partial charge is 0.324 e. The van der Waals surface area contributed by atoms with E-state index in [9.17, 15) is 13.2 Å². The summed E-state index contributed by atoms with van der Waals surface area (Å²) in [5, 5.41) is 8.80. The van der Waals surface area contributed by atoms with Gasteiger partial charge in [-0.3, -0.25) is 4.79 Å². The lowest BCUT2D eigenvalue weighted by molar-refractivity contribution is -0.144. The molecule has 0 aromatic carbocycles. The number of aliphatic hydroxyl groups excluding tert-OH is 1. The first-order valence-electron chi connectivity index (χ1n) is 8.59. The fourth-order valence-corrected chi connectivity index (χ4v) is 4.57. The lowest BCUT2D eigenvalue weighted by Gasteiger charge is -2.22. The summed E-state index contributed by atoms with van der Waals surface area (Å²) in [7, 11) is -2.66. The van der Waals surface area contributed by atoms with Gasteiger partial charge in [0.05, 0.1) is 7.11 Å². The number of sulfonamides is 1. The molecule has 2 rings (SSSR count). The fraction of sp³-hybridized carbons (Fsp3) is 0.556. The Balaban J connectivity index is 2.35. The summed E-state index contributed by atoms with van der Waals surface area (Å²) < 4.78 is 32.1. The van der Waals surface area contributed by atoms with E-state index in [1.54, 1.807) is 13.0 Å². The number of methoxy groups -OCH3 is 1. The number of aromatic nitrogens is 1. The normalized spacial score (nSPS) is 17.6. The van der Waals surface area contributed by atoms with Gasteiger partial charge in [-0.05, 0) is 50.7 Å². The molecule has 1 aromatic heterocycles. The van der Waals surface area contributed by atoms with Gasteiger partial charge in [0.25, 0.3) is 0 Å². The Bertz CT molecular complexity index is 811. The topological polar surface area (TPSA) is 96.8 Å². The van der Waals surface area contributed by atoms with Crippen molar-refractivity contribution in [1.29, 1.82) is 0 Å². The van der Waals surface area contributed by atoms with Crippen molar-refractivity contribution < 1.29 is 23.1 Å². The number of esters is 1. The molecule has 0 bridgehead atoms. The van der Waals surface area contributed by atoms with Crippen LogP contribution in [0.15, 0.2) is 17.0 Å². The minimum Gasteiger partial charge on any atom is -0.468 e. The number of aliphatic hydroxyl groups is 1. The zero-order valence-electron chi connectivity index (χ0n) is 15.1. The van der Waals surface area contributed by atoms with Crippen molar-refractivity contribution in [2.45, 2.75) is 50.0 Å². The molecule has 0 unspecified atom stereocenters. The fourth-order valence-electron chi connectivity index (χ4n) is 2.84. The van der Waals surface area contributed by atoms with Crippen LogP contribution in [0.1, 0.15) is 43.5 Å². The highest BCUT2D eigenvalue weighted by molar-refractivity contribution is 7.89. The number of hydrogen-bond acceptors (Lipinski definition) is 6. The Morgan fingerprint density at radius 1 is 1.42 bits per heavy atom. The first-order chi connectivity index (χ1) is 12.4. The van der Waals surface area contributed by atoms with Crippen LogP contribution < -0.4 is 0 Å². The van der Waals surface area contributed by atoms with E-state index < -0.39 is 22.0 Å². The van der Waals surface area contributed by atoms with E-state index in [-0.39, 0.29) is 23.7 Å². The maximum Gasteiger partial charge on any atom is 0.324 e. The number of unbranched alkanes of at least 4 members (excludes halogenated alkanes) is 2. The van der Waals surface area contributed by atoms with E-state index in [1.807, 2.05) is 0 Å². The van der Waals surface area contributed by atoms with Crippen LogP contribution in [0, 0.1) is 18.8 Å². The highest BCUT2D eigenvalue weighted by Crippen LogP contribution is 2.28. The summed E-state index contributed by atoms with van der Waals surface area (Å²) >= 11 is 0. The molecule has 1 aromatic rings. The quantitative estimate of drug-likeness (QED) is 0.453. The number of carbonyl (C=O) groups excluding carboxylic acids is 1. The average Bonchev–Trinajstić information content (AvgIpc) is 3.11. The first-order valence-corrected chi connectivity index (χ1v) is 10.0. The predicted octanol–water partition coefficient (Wildman–Crippen LogP) is 1.23. The second-order valence-electron chi connectivity index (χ2n) is 6.08. The Kier molecular flexibility index (Phi) is 7.14. The lowest BCUT2D eigenvalue weighted by atomic mass is 10.2. The van der Waals surface area contributed by atoms with Crippen molar-refractivity contribution >= 4 is 16.0 Å². The zero-order valence-corrected chi connectivity index (χ0v) is 15.9. The zero-order chi connectivity index (χ0) is 19.2. The van der Waals surface area contributed by atoms with Crippen LogP contribution in [-0.2, 0) is 19.6 Å². The molecular weight excluding hydrogens is 356 g/mol. The number of pyridine rings is 1. The van der Waals surface area contributed by atoms with Gasteiger partial charge in [0.2, 0.25) is 10.0 Å². The predicted molar refractivity (Wildman–Crippen MR) is 95.7 cm³/mol. The molecule has 0 aliphatic carbocycles. The van der Waals surface area contributed by atoms with Crippen LogP contribution in [0.3, 0.4) is 0 Å². The third kappa shape index (κ3) is 4.61. The number of aryl methyl sites for hydroxylation is 1. The van der Waals surface area contributed by atoms with E-state index in [0.717, 1.165) is 6.42 Å². The molecule has 8 heteroatoms. The summed E-state index contributed by atoms with van der Waals surface area (Å²) in [5.41, 5.74) is 0.846. The summed E-state index contributed by atoms with van der Waals surface area (Å²) in [4.78, 5) is 16.2. The number of hydrogen-bond donors (Lipinski definition) is 1. The van der Waals surface area contributed by atoms with Gasteiger partial charge in [-0.2, -0.15) is 4.31 Å². The van der Waals surface area contributed by atoms with Gasteiger partial charge in [-0.15, -0.1) is 0 Å². The van der Waals surface area contributed by atoms with E-state index in [4.69, 9.17) is 9.84 Å². The van der Waals surface area contributed by atoms with Crippen molar-refractivity contribution in [3.63, 3.8) is 0 Å². The summed E-state index contributed by atoms with van der Waals surface area (Å²) in [6, 6.07) is 2.30. The molecule has 1 saturated heterocycles. The van der Waals surface area contributed by atoms with Crippen molar-refractivity contribution in [2.24, 2.45) is 0 Å². The highest BCUT2D eigenvalue weighted by Gasteiger charge is 2.41. The second kappa shape index (κ2) is 9.12. The largest absolute Gasteiger partial charge is 0.468 e. The van der Waals surface area contributed by atoms with Crippen LogP contribution in [0.5, 0.6) is 0 Å². The highest BCUT2D eigenvalue weighted by atomic mass is 32.2. The number of rotatable bonds is 6. The minimum atomic E-state index is -3.91. The minimum absolute atomic E-state index is 0.00793. The van der Waals surface area contributed by atoms with Crippen LogP contribution in [0.4, 0.5) is 0 Å². The van der Waals surface area contributed by atoms with Gasteiger partial charge in [0.1, 0.15) is 16.6 Å². The molecule has 7 nitrogen and oxygen atoms in total. The number of carbonyl (C=O) groups is 1. The monoisotopic (exact) mass is 380 g/mol. The molecule has 1 fully saturated rings. The first kappa shape index (κ1) is 20.4. The number of ether oxygens (including phenoxy) is 1. The van der Waals surface area contributed by atoms with E-state index in [0.29, 0.717) is 31.4 Å². The van der Waals surface area contributed by atoms with Crippen molar-refractivity contribution in [3.05, 3.63) is 23.5 Å². The van der Waals surface area contributed by atoms with Gasteiger partial charge in [-0.25, -0.2) is 13.4 Å². The molecule has 2 heterocycles. The molecule has 1 aliphatic rings. The molecule has 26 heavy (non-hydrogen) atoms. The second-order valence-corrected chi connectivity index (χ2v) is 7.94. The maximum absolute atomic E-state index is 13.1. The molecular formula is C18H24N2O5S. The lowest BCUT2D eigenvalue weighted by Crippen LogP contribution is -2.41. The summed E-state index contributed by atoms with van der Waals surface area (Å²) in [6.07, 6.45) is 2.96. The van der Waals surface area contributed by atoms with Gasteiger partial charge in [-0.1, -0.05) is 5.92 Å².